The number of morpholine rings is 1. The number of amides is 1. The number of fused-ring (bicyclic) bond motifs is 1. The van der Waals surface area contributed by atoms with Crippen molar-refractivity contribution in [3.05, 3.63) is 60.2 Å². The number of carbonyl (C=O) groups excluding carboxylic acids is 1. The van der Waals surface area contributed by atoms with Crippen LogP contribution in [-0.2, 0) is 9.53 Å². The molecule has 8 nitrogen and oxygen atoms in total. The third-order valence-corrected chi connectivity index (χ3v) is 6.79. The summed E-state index contributed by atoms with van der Waals surface area (Å²) in [4.78, 5) is 15.4. The Bertz CT molecular complexity index is 1070. The Morgan fingerprint density at radius 1 is 1.12 bits per heavy atom. The lowest BCUT2D eigenvalue weighted by Gasteiger charge is -2.37. The van der Waals surface area contributed by atoms with Crippen molar-refractivity contribution in [3.8, 4) is 17.1 Å². The van der Waals surface area contributed by atoms with Gasteiger partial charge in [-0.3, -0.25) is 4.79 Å². The molecule has 2 aromatic carbocycles. The number of carbonyl (C=O) groups is 1. The van der Waals surface area contributed by atoms with E-state index in [9.17, 15) is 4.79 Å². The molecule has 0 aliphatic carbocycles. The van der Waals surface area contributed by atoms with Crippen LogP contribution in [-0.4, -0.2) is 63.8 Å². The zero-order chi connectivity index (χ0) is 21.9. The molecule has 1 aromatic heterocycles. The topological polar surface area (TPSA) is 81.5 Å². The molecular formula is C23H25N5O3S. The first-order valence-electron chi connectivity index (χ1n) is 10.8. The van der Waals surface area contributed by atoms with Crippen LogP contribution in [0.5, 0.6) is 5.75 Å². The fourth-order valence-corrected chi connectivity index (χ4v) is 5.13. The van der Waals surface area contributed by atoms with Crippen molar-refractivity contribution in [2.24, 2.45) is 0 Å². The molecule has 32 heavy (non-hydrogen) atoms. The lowest BCUT2D eigenvalue weighted by Crippen LogP contribution is -2.49. The molecule has 1 N–H and O–H groups in total. The van der Waals surface area contributed by atoms with E-state index < -0.39 is 0 Å². The van der Waals surface area contributed by atoms with Crippen LogP contribution in [0.2, 0.25) is 0 Å². The normalized spacial score (nSPS) is 20.3. The van der Waals surface area contributed by atoms with Crippen LogP contribution in [0.3, 0.4) is 0 Å². The van der Waals surface area contributed by atoms with E-state index in [2.05, 4.69) is 15.6 Å². The number of nitrogens with one attached hydrogen (secondary N) is 1. The molecule has 1 saturated heterocycles. The summed E-state index contributed by atoms with van der Waals surface area (Å²) in [6, 6.07) is 17.6. The molecule has 166 valence electrons. The Hall–Kier alpha value is -3.04. The summed E-state index contributed by atoms with van der Waals surface area (Å²) in [5, 5.41) is 9.09. The van der Waals surface area contributed by atoms with Gasteiger partial charge in [0, 0.05) is 18.7 Å². The van der Waals surface area contributed by atoms with Gasteiger partial charge in [0.2, 0.25) is 11.1 Å². The number of aromatic nitrogens is 3. The van der Waals surface area contributed by atoms with Gasteiger partial charge in [-0.2, -0.15) is 0 Å². The summed E-state index contributed by atoms with van der Waals surface area (Å²) in [7, 11) is 0. The maximum Gasteiger partial charge on any atom is 0.238 e. The van der Waals surface area contributed by atoms with Crippen molar-refractivity contribution in [3.63, 3.8) is 0 Å². The molecule has 9 heteroatoms. The summed E-state index contributed by atoms with van der Waals surface area (Å²) < 4.78 is 12.9. The van der Waals surface area contributed by atoms with Crippen LogP contribution in [0.4, 0.5) is 0 Å². The van der Waals surface area contributed by atoms with E-state index in [1.165, 1.54) is 11.8 Å². The van der Waals surface area contributed by atoms with Gasteiger partial charge in [0.05, 0.1) is 25.9 Å². The molecular weight excluding hydrogens is 426 g/mol. The largest absolute Gasteiger partial charge is 0.494 e. The molecule has 3 aromatic rings. The summed E-state index contributed by atoms with van der Waals surface area (Å²) in [6.07, 6.45) is 0. The quantitative estimate of drug-likeness (QED) is 0.639. The number of hydrogen-bond donors (Lipinski definition) is 1. The van der Waals surface area contributed by atoms with Crippen molar-refractivity contribution < 1.29 is 14.3 Å². The van der Waals surface area contributed by atoms with Gasteiger partial charge in [-0.15, -0.1) is 10.2 Å². The van der Waals surface area contributed by atoms with Gasteiger partial charge in [-0.25, -0.2) is 4.68 Å². The summed E-state index contributed by atoms with van der Waals surface area (Å²) >= 11 is 1.46. The van der Waals surface area contributed by atoms with E-state index in [0.717, 1.165) is 22.7 Å². The molecule has 3 heterocycles. The van der Waals surface area contributed by atoms with Gasteiger partial charge in [0.25, 0.3) is 0 Å². The van der Waals surface area contributed by atoms with Crippen LogP contribution in [0.15, 0.2) is 59.8 Å². The van der Waals surface area contributed by atoms with E-state index in [4.69, 9.17) is 9.47 Å². The number of nitrogens with zero attached hydrogens (tertiary/aromatic N) is 4. The molecule has 5 rings (SSSR count). The van der Waals surface area contributed by atoms with Gasteiger partial charge in [0.15, 0.2) is 5.82 Å². The highest BCUT2D eigenvalue weighted by Crippen LogP contribution is 2.39. The molecule has 1 amide bonds. The van der Waals surface area contributed by atoms with Crippen LogP contribution in [0, 0.1) is 0 Å². The van der Waals surface area contributed by atoms with E-state index in [1.807, 2.05) is 71.1 Å². The molecule has 0 spiro atoms. The Labute approximate surface area is 190 Å². The minimum atomic E-state index is -0.369. The van der Waals surface area contributed by atoms with E-state index in [0.29, 0.717) is 38.1 Å². The van der Waals surface area contributed by atoms with E-state index >= 15 is 0 Å². The van der Waals surface area contributed by atoms with E-state index in [1.54, 1.807) is 0 Å². The fraction of sp³-hybridized carbons (Fsp3) is 0.348. The number of benzene rings is 2. The molecule has 0 bridgehead atoms. The third kappa shape index (κ3) is 4.05. The lowest BCUT2D eigenvalue weighted by atomic mass is 10.0. The SMILES string of the molecule is CCOc1ccc([C@H]2Nn3c(nnc3-c3ccccc3)S[C@H]2C(=O)N2CCOCC2)cc1. The zero-order valence-electron chi connectivity index (χ0n) is 17.8. The predicted molar refractivity (Wildman–Crippen MR) is 122 cm³/mol. The minimum absolute atomic E-state index is 0.0835. The van der Waals surface area contributed by atoms with Gasteiger partial charge >= 0.3 is 0 Å². The maximum atomic E-state index is 13.5. The first kappa shape index (κ1) is 20.8. The fourth-order valence-electron chi connectivity index (χ4n) is 3.97. The van der Waals surface area contributed by atoms with E-state index in [-0.39, 0.29) is 17.2 Å². The van der Waals surface area contributed by atoms with Gasteiger partial charge in [-0.05, 0) is 24.6 Å². The van der Waals surface area contributed by atoms with Crippen molar-refractivity contribution >= 4 is 17.7 Å². The Kier molecular flexibility index (Phi) is 6.00. The number of ether oxygens (including phenoxy) is 2. The Balaban J connectivity index is 1.50. The average molecular weight is 452 g/mol. The summed E-state index contributed by atoms with van der Waals surface area (Å²) in [6.45, 7) is 4.92. The molecule has 1 fully saturated rings. The van der Waals surface area contributed by atoms with Crippen molar-refractivity contribution in [2.75, 3.05) is 38.3 Å². The van der Waals surface area contributed by atoms with Gasteiger partial charge in [-0.1, -0.05) is 54.2 Å². The highest BCUT2D eigenvalue weighted by molar-refractivity contribution is 8.00. The van der Waals surface area contributed by atoms with Crippen LogP contribution in [0.1, 0.15) is 18.5 Å². The maximum absolute atomic E-state index is 13.5. The van der Waals surface area contributed by atoms with Crippen molar-refractivity contribution in [2.45, 2.75) is 23.4 Å². The number of hydrogen-bond acceptors (Lipinski definition) is 7. The second-order valence-corrected chi connectivity index (χ2v) is 8.70. The third-order valence-electron chi connectivity index (χ3n) is 5.59. The summed E-state index contributed by atoms with van der Waals surface area (Å²) in [5.41, 5.74) is 5.50. The van der Waals surface area contributed by atoms with Crippen LogP contribution >= 0.6 is 11.8 Å². The molecule has 2 aliphatic rings. The highest BCUT2D eigenvalue weighted by Gasteiger charge is 2.40. The van der Waals surface area contributed by atoms with Gasteiger partial charge < -0.3 is 19.8 Å². The average Bonchev–Trinajstić information content (AvgIpc) is 3.27. The minimum Gasteiger partial charge on any atom is -0.494 e. The van der Waals surface area contributed by atoms with Gasteiger partial charge in [0.1, 0.15) is 11.0 Å². The number of rotatable bonds is 5. The van der Waals surface area contributed by atoms with Crippen molar-refractivity contribution in [1.82, 2.24) is 19.8 Å². The lowest BCUT2D eigenvalue weighted by molar-refractivity contribution is -0.135. The first-order chi connectivity index (χ1) is 15.7. The Morgan fingerprint density at radius 2 is 1.88 bits per heavy atom. The first-order valence-corrected chi connectivity index (χ1v) is 11.7. The molecule has 0 unspecified atom stereocenters. The van der Waals surface area contributed by atoms with Crippen LogP contribution in [0.25, 0.3) is 11.4 Å². The summed E-state index contributed by atoms with van der Waals surface area (Å²) in [5.74, 6) is 1.62. The number of thioether (sulfide) groups is 1. The van der Waals surface area contributed by atoms with Crippen LogP contribution < -0.4 is 10.2 Å². The molecule has 0 radical (unpaired) electrons. The Morgan fingerprint density at radius 3 is 2.59 bits per heavy atom. The second kappa shape index (κ2) is 9.22. The smallest absolute Gasteiger partial charge is 0.238 e. The predicted octanol–water partition coefficient (Wildman–Crippen LogP) is 2.96. The monoisotopic (exact) mass is 451 g/mol. The van der Waals surface area contributed by atoms with Crippen molar-refractivity contribution in [1.29, 1.82) is 0 Å². The molecule has 2 aliphatic heterocycles. The highest BCUT2D eigenvalue weighted by atomic mass is 32.2. The second-order valence-electron chi connectivity index (χ2n) is 7.59. The zero-order valence-corrected chi connectivity index (χ0v) is 18.6. The standard InChI is InChI=1S/C23H25N5O3S/c1-2-31-18-10-8-16(9-11-18)19-20(22(29)27-12-14-30-15-13-27)32-23-25-24-21(28(23)26-19)17-6-4-3-5-7-17/h3-11,19-20,26H,2,12-15H2,1H3/t19-,20-/m1/s1. The molecule has 2 atom stereocenters. The molecule has 0 saturated carbocycles.